The average molecular weight is 1100 g/mol. The molecule has 0 fully saturated rings. The molecular weight excluding hydrogens is 1060 g/mol. The third-order valence-electron chi connectivity index (χ3n) is 13.5. The summed E-state index contributed by atoms with van der Waals surface area (Å²) in [4.78, 5) is 0. The van der Waals surface area contributed by atoms with Crippen molar-refractivity contribution in [2.45, 2.75) is 31.1 Å². The van der Waals surface area contributed by atoms with Crippen molar-refractivity contribution in [3.8, 4) is 91.6 Å². The zero-order valence-corrected chi connectivity index (χ0v) is 41.8. The lowest BCUT2D eigenvalue weighted by molar-refractivity contribution is -0.138. The third-order valence-corrected chi connectivity index (χ3v) is 13.5. The van der Waals surface area contributed by atoms with E-state index >= 15 is 0 Å². The number of aryl methyl sites for hydroxylation is 1. The second-order valence-corrected chi connectivity index (χ2v) is 18.7. The number of aromatic nitrogens is 8. The van der Waals surface area contributed by atoms with Gasteiger partial charge < -0.3 is 17.7 Å². The summed E-state index contributed by atoms with van der Waals surface area (Å²) in [6.45, 7) is 1.96. The molecule has 0 aliphatic rings. The Morgan fingerprint density at radius 1 is 0.296 bits per heavy atom. The molecule has 81 heavy (non-hydrogen) atoms. The van der Waals surface area contributed by atoms with Crippen LogP contribution < -0.4 is 0 Å². The van der Waals surface area contributed by atoms with Crippen molar-refractivity contribution in [3.63, 3.8) is 0 Å². The minimum absolute atomic E-state index is 0.0322. The number of benzene rings is 8. The van der Waals surface area contributed by atoms with Crippen molar-refractivity contribution in [2.24, 2.45) is 0 Å². The van der Waals surface area contributed by atoms with E-state index in [1.165, 1.54) is 42.5 Å². The molecule has 0 saturated carbocycles. The molecule has 0 N–H and O–H groups in total. The van der Waals surface area contributed by atoms with Gasteiger partial charge in [-0.05, 0) is 138 Å². The maximum atomic E-state index is 13.7. The Morgan fingerprint density at radius 3 is 0.864 bits per heavy atom. The molecule has 0 saturated heterocycles. The Morgan fingerprint density at radius 2 is 0.568 bits per heavy atom. The molecule has 0 aliphatic carbocycles. The minimum Gasteiger partial charge on any atom is -0.416 e. The lowest BCUT2D eigenvalue weighted by atomic mass is 9.65. The van der Waals surface area contributed by atoms with Crippen LogP contribution >= 0.6 is 0 Å². The number of halogens is 8. The summed E-state index contributed by atoms with van der Waals surface area (Å²) in [5.74, 6) is 0.548. The molecule has 12 rings (SSSR count). The van der Waals surface area contributed by atoms with Crippen molar-refractivity contribution in [3.05, 3.63) is 239 Å². The van der Waals surface area contributed by atoms with Crippen LogP contribution in [0.5, 0.6) is 0 Å². The molecule has 0 unspecified atom stereocenters. The zero-order chi connectivity index (χ0) is 56.0. The molecule has 0 radical (unpaired) electrons. The van der Waals surface area contributed by atoms with E-state index in [2.05, 4.69) is 40.8 Å². The summed E-state index contributed by atoms with van der Waals surface area (Å²) in [7, 11) is 0. The summed E-state index contributed by atoms with van der Waals surface area (Å²) in [6, 6.07) is 51.6. The van der Waals surface area contributed by atoms with Gasteiger partial charge in [-0.3, -0.25) is 0 Å². The van der Waals surface area contributed by atoms with Gasteiger partial charge in [0.05, 0.1) is 16.5 Å². The van der Waals surface area contributed by atoms with E-state index in [4.69, 9.17) is 17.7 Å². The first-order chi connectivity index (χ1) is 39.1. The van der Waals surface area contributed by atoms with E-state index in [0.29, 0.717) is 56.0 Å². The molecule has 4 heterocycles. The molecule has 0 spiro atoms. The van der Waals surface area contributed by atoms with E-state index in [1.807, 2.05) is 91.9 Å². The van der Waals surface area contributed by atoms with Gasteiger partial charge in [-0.25, -0.2) is 8.78 Å². The molecule has 0 atom stereocenters. The summed E-state index contributed by atoms with van der Waals surface area (Å²) in [6.07, 6.45) is -11.9. The number of alkyl halides is 8. The quantitative estimate of drug-likeness (QED) is 0.0797. The molecule has 0 amide bonds. The highest BCUT2D eigenvalue weighted by Gasteiger charge is 2.40. The van der Waals surface area contributed by atoms with Crippen LogP contribution in [0.25, 0.3) is 91.6 Å². The number of rotatable bonds is 13. The van der Waals surface area contributed by atoms with Gasteiger partial charge in [-0.2, -0.15) is 26.3 Å². The zero-order valence-electron chi connectivity index (χ0n) is 41.8. The van der Waals surface area contributed by atoms with Crippen LogP contribution in [0, 0.1) is 6.92 Å². The van der Waals surface area contributed by atoms with Crippen molar-refractivity contribution >= 4 is 0 Å². The Labute approximate surface area is 453 Å². The summed E-state index contributed by atoms with van der Waals surface area (Å²) < 4.78 is 133. The topological polar surface area (TPSA) is 156 Å². The first-order valence-electron chi connectivity index (χ1n) is 24.7. The second kappa shape index (κ2) is 20.5. The Kier molecular flexibility index (Phi) is 13.1. The standard InChI is InChI=1S/C61H36F8N8O4/c1-34-6-2-8-40(30-34)55-74-70-51(78-55)35-14-22-44(23-15-35)59(45-24-16-36(17-25-45)52-71-75-56(79-52)41-9-3-7-39(31-41)50(62)63,46-26-18-37(19-27-46)53-72-76-57(80-53)42-10-4-12-48(32-42)60(64,65)66)47-28-20-38(21-29-47)54-73-77-58(81-54)43-11-5-13-49(33-43)61(67,68)69/h2-33,50H,1H3. The largest absolute Gasteiger partial charge is 0.416 e. The highest BCUT2D eigenvalue weighted by Crippen LogP contribution is 2.47. The highest BCUT2D eigenvalue weighted by atomic mass is 19.4. The lowest BCUT2D eigenvalue weighted by Crippen LogP contribution is -2.31. The third kappa shape index (κ3) is 10.1. The average Bonchev–Trinajstić information content (AvgIpc) is 4.43. The number of nitrogens with zero attached hydrogens (tertiary/aromatic N) is 8. The maximum absolute atomic E-state index is 13.7. The molecular formula is C61H36F8N8O4. The Balaban J connectivity index is 0.985. The molecule has 12 nitrogen and oxygen atoms in total. The van der Waals surface area contributed by atoms with Gasteiger partial charge in [0.15, 0.2) is 0 Å². The van der Waals surface area contributed by atoms with Crippen LogP contribution in [-0.2, 0) is 17.8 Å². The van der Waals surface area contributed by atoms with E-state index < -0.39 is 35.3 Å². The van der Waals surface area contributed by atoms with Crippen LogP contribution in [0.1, 0.15) is 50.9 Å². The lowest BCUT2D eigenvalue weighted by Gasteiger charge is -2.37. The summed E-state index contributed by atoms with van der Waals surface area (Å²) >= 11 is 0. The second-order valence-electron chi connectivity index (χ2n) is 18.7. The van der Waals surface area contributed by atoms with Gasteiger partial charge >= 0.3 is 12.4 Å². The first-order valence-corrected chi connectivity index (χ1v) is 24.7. The smallest absolute Gasteiger partial charge is 0.416 e. The molecule has 4 aromatic heterocycles. The van der Waals surface area contributed by atoms with E-state index in [9.17, 15) is 35.1 Å². The fourth-order valence-electron chi connectivity index (χ4n) is 9.52. The van der Waals surface area contributed by atoms with E-state index in [-0.39, 0.29) is 57.9 Å². The van der Waals surface area contributed by atoms with E-state index in [0.717, 1.165) is 35.4 Å². The summed E-state index contributed by atoms with van der Waals surface area (Å²) in [5.41, 5.74) is 3.76. The Bertz CT molecular complexity index is 4070. The van der Waals surface area contributed by atoms with Crippen molar-refractivity contribution in [1.29, 1.82) is 0 Å². The Hall–Kier alpha value is -10.2. The van der Waals surface area contributed by atoms with Crippen LogP contribution in [0.15, 0.2) is 212 Å². The monoisotopic (exact) mass is 1100 g/mol. The van der Waals surface area contributed by atoms with Crippen LogP contribution in [-0.4, -0.2) is 40.8 Å². The summed E-state index contributed by atoms with van der Waals surface area (Å²) in [5, 5.41) is 33.6. The van der Waals surface area contributed by atoms with Crippen molar-refractivity contribution in [2.75, 3.05) is 0 Å². The number of hydrogen-bond donors (Lipinski definition) is 0. The fourth-order valence-corrected chi connectivity index (χ4v) is 9.52. The molecule has 0 aliphatic heterocycles. The maximum Gasteiger partial charge on any atom is 0.416 e. The van der Waals surface area contributed by atoms with Crippen LogP contribution in [0.4, 0.5) is 35.1 Å². The first kappa shape index (κ1) is 51.5. The van der Waals surface area contributed by atoms with Crippen LogP contribution in [0.2, 0.25) is 0 Å². The fraction of sp³-hybridized carbons (Fsp3) is 0.0820. The van der Waals surface area contributed by atoms with Gasteiger partial charge in [0, 0.05) is 50.1 Å². The van der Waals surface area contributed by atoms with Crippen molar-refractivity contribution < 1.29 is 52.8 Å². The van der Waals surface area contributed by atoms with Gasteiger partial charge in [0.25, 0.3) is 6.43 Å². The van der Waals surface area contributed by atoms with Crippen molar-refractivity contribution in [1.82, 2.24) is 40.8 Å². The molecule has 12 aromatic rings. The normalized spacial score (nSPS) is 12.1. The SMILES string of the molecule is Cc1cccc(-c2nnc(-c3ccc(C(c4ccc(-c5nnc(-c6cccc(C(F)F)c6)o5)cc4)(c4ccc(-c5nnc(-c6cccc(C(F)(F)F)c6)o5)cc4)c4ccc(-c5nnc(-c6cccc(C(F)(F)F)c6)o5)cc4)cc3)o2)c1. The highest BCUT2D eigenvalue weighted by molar-refractivity contribution is 5.69. The molecule has 20 heteroatoms. The number of hydrogen-bond acceptors (Lipinski definition) is 12. The van der Waals surface area contributed by atoms with Gasteiger partial charge in [-0.1, -0.05) is 90.5 Å². The molecule has 0 bridgehead atoms. The predicted octanol–water partition coefficient (Wildman–Crippen LogP) is 16.2. The predicted molar refractivity (Wildman–Crippen MR) is 279 cm³/mol. The molecule has 400 valence electrons. The molecule has 8 aromatic carbocycles. The minimum atomic E-state index is -4.60. The van der Waals surface area contributed by atoms with E-state index in [1.54, 1.807) is 42.5 Å². The van der Waals surface area contributed by atoms with Gasteiger partial charge in [0.1, 0.15) is 0 Å². The van der Waals surface area contributed by atoms with Gasteiger partial charge in [-0.15, -0.1) is 40.8 Å². The van der Waals surface area contributed by atoms with Crippen LogP contribution in [0.3, 0.4) is 0 Å². The van der Waals surface area contributed by atoms with Gasteiger partial charge in [0.2, 0.25) is 47.1 Å².